The van der Waals surface area contributed by atoms with Crippen LogP contribution in [-0.2, 0) is 0 Å². The van der Waals surface area contributed by atoms with Gasteiger partial charge in [-0.25, -0.2) is 9.98 Å². The average Bonchev–Trinajstić information content (AvgIpc) is 2.73. The number of aliphatic imine (C=N–C) groups is 2. The van der Waals surface area contributed by atoms with Crippen LogP contribution in [-0.4, -0.2) is 59.4 Å². The summed E-state index contributed by atoms with van der Waals surface area (Å²) in [6.45, 7) is 33.3. The topological polar surface area (TPSA) is 43.2 Å². The van der Waals surface area contributed by atoms with Gasteiger partial charge in [-0.1, -0.05) is 80.7 Å². The lowest BCUT2D eigenvalue weighted by Crippen LogP contribution is -2.48. The smallest absolute Gasteiger partial charge is 0.227 e. The van der Waals surface area contributed by atoms with Crippen molar-refractivity contribution in [1.82, 2.24) is 15.1 Å². The van der Waals surface area contributed by atoms with Gasteiger partial charge in [-0.2, -0.15) is 0 Å². The molecule has 0 aromatic carbocycles. The lowest BCUT2D eigenvalue weighted by molar-refractivity contribution is 0.239. The molecule has 1 N–H and O–H groups in total. The van der Waals surface area contributed by atoms with Gasteiger partial charge in [0.05, 0.1) is 0 Å². The van der Waals surface area contributed by atoms with Crippen LogP contribution in [0.4, 0.5) is 0 Å². The Labute approximate surface area is 226 Å². The number of hydrogen-bond donors (Lipinski definition) is 1. The molecule has 0 aliphatic carbocycles. The molecule has 0 aromatic rings. The molecule has 0 radical (unpaired) electrons. The number of amidine groups is 1. The Morgan fingerprint density at radius 3 is 1.94 bits per heavy atom. The number of rotatable bonds is 15. The van der Waals surface area contributed by atoms with E-state index < -0.39 is 0 Å². The van der Waals surface area contributed by atoms with E-state index in [1.165, 1.54) is 32.1 Å². The largest absolute Gasteiger partial charge is 0.357 e. The van der Waals surface area contributed by atoms with Gasteiger partial charge in [0.1, 0.15) is 5.84 Å². The first-order chi connectivity index (χ1) is 16.5. The maximum Gasteiger partial charge on any atom is 0.227 e. The lowest BCUT2D eigenvalue weighted by Gasteiger charge is -2.37. The highest BCUT2D eigenvalue weighted by Gasteiger charge is 2.26. The van der Waals surface area contributed by atoms with E-state index in [2.05, 4.69) is 112 Å². The standard InChI is InChI=1S/C31H63N5/c1-15-17-18-19-20-21-36(26(6)23-31(12,13)32-16-2)28(8)34-29(33-27(7)24(3)4)35(14)25(5)22-30(9,10)11/h24-26,32H,7,15-23H2,1-6,8-14H3/b33-29?,34-28+. The highest BCUT2D eigenvalue weighted by atomic mass is 15.3. The van der Waals surface area contributed by atoms with Crippen molar-refractivity contribution in [2.75, 3.05) is 20.1 Å². The molecule has 0 bridgehead atoms. The van der Waals surface area contributed by atoms with Gasteiger partial charge in [-0.15, -0.1) is 0 Å². The van der Waals surface area contributed by atoms with Crippen LogP contribution in [0.1, 0.15) is 128 Å². The Morgan fingerprint density at radius 2 is 1.44 bits per heavy atom. The van der Waals surface area contributed by atoms with Crippen LogP contribution in [0, 0.1) is 11.3 Å². The fourth-order valence-electron chi connectivity index (χ4n) is 4.86. The molecule has 0 saturated heterocycles. The number of nitrogens with zero attached hydrogens (tertiary/aromatic N) is 4. The maximum absolute atomic E-state index is 5.20. The van der Waals surface area contributed by atoms with E-state index in [1.54, 1.807) is 0 Å². The number of guanidine groups is 1. The molecule has 0 saturated carbocycles. The highest BCUT2D eigenvalue weighted by Crippen LogP contribution is 2.24. The molecule has 5 nitrogen and oxygen atoms in total. The van der Waals surface area contributed by atoms with Gasteiger partial charge in [0.25, 0.3) is 0 Å². The van der Waals surface area contributed by atoms with E-state index in [0.29, 0.717) is 12.1 Å². The van der Waals surface area contributed by atoms with Crippen LogP contribution in [0.25, 0.3) is 0 Å². The van der Waals surface area contributed by atoms with E-state index in [-0.39, 0.29) is 16.9 Å². The summed E-state index contributed by atoms with van der Waals surface area (Å²) in [6, 6.07) is 0.702. The second kappa shape index (κ2) is 16.5. The van der Waals surface area contributed by atoms with E-state index in [1.807, 2.05) is 0 Å². The zero-order valence-electron chi connectivity index (χ0n) is 26.6. The van der Waals surface area contributed by atoms with Gasteiger partial charge in [0.15, 0.2) is 0 Å². The van der Waals surface area contributed by atoms with Crippen molar-refractivity contribution >= 4 is 11.8 Å². The zero-order valence-corrected chi connectivity index (χ0v) is 26.6. The van der Waals surface area contributed by atoms with Crippen LogP contribution < -0.4 is 5.32 Å². The minimum absolute atomic E-state index is 0.0791. The summed E-state index contributed by atoms with van der Waals surface area (Å²) in [5, 5.41) is 3.65. The average molecular weight is 506 g/mol. The number of hydrogen-bond acceptors (Lipinski definition) is 2. The van der Waals surface area contributed by atoms with E-state index >= 15 is 0 Å². The molecule has 0 aliphatic heterocycles. The van der Waals surface area contributed by atoms with Gasteiger partial charge >= 0.3 is 0 Å². The van der Waals surface area contributed by atoms with E-state index in [4.69, 9.17) is 9.98 Å². The molecular weight excluding hydrogens is 442 g/mol. The van der Waals surface area contributed by atoms with Gasteiger partial charge in [0, 0.05) is 36.9 Å². The first-order valence-corrected chi connectivity index (χ1v) is 14.6. The van der Waals surface area contributed by atoms with Crippen LogP contribution >= 0.6 is 0 Å². The SMILES string of the molecule is C=C(N=C(/N=C(\C)N(CCCCCCC)C(C)CC(C)(C)NCC)N(C)C(C)CC(C)(C)C)C(C)C. The summed E-state index contributed by atoms with van der Waals surface area (Å²) in [7, 11) is 2.13. The van der Waals surface area contributed by atoms with Crippen molar-refractivity contribution in [3.63, 3.8) is 0 Å². The van der Waals surface area contributed by atoms with Crippen molar-refractivity contribution in [3.05, 3.63) is 12.3 Å². The summed E-state index contributed by atoms with van der Waals surface area (Å²) in [6.07, 6.45) is 8.50. The molecular formula is C31H63N5. The van der Waals surface area contributed by atoms with E-state index in [9.17, 15) is 0 Å². The molecule has 0 aromatic heterocycles. The van der Waals surface area contributed by atoms with Crippen LogP contribution in [0.5, 0.6) is 0 Å². The van der Waals surface area contributed by atoms with Crippen LogP contribution in [0.2, 0.25) is 0 Å². The third kappa shape index (κ3) is 14.4. The van der Waals surface area contributed by atoms with Gasteiger partial charge < -0.3 is 15.1 Å². The lowest BCUT2D eigenvalue weighted by atomic mass is 9.88. The molecule has 2 atom stereocenters. The van der Waals surface area contributed by atoms with Crippen molar-refractivity contribution < 1.29 is 0 Å². The predicted molar refractivity (Wildman–Crippen MR) is 163 cm³/mol. The Balaban J connectivity index is 6.12. The van der Waals surface area contributed by atoms with Crippen molar-refractivity contribution in [2.45, 2.75) is 146 Å². The molecule has 36 heavy (non-hydrogen) atoms. The first kappa shape index (κ1) is 34.6. The Hall–Kier alpha value is -1.36. The van der Waals surface area contributed by atoms with Crippen molar-refractivity contribution in [1.29, 1.82) is 0 Å². The molecule has 0 amide bonds. The quantitative estimate of drug-likeness (QED) is 0.139. The summed E-state index contributed by atoms with van der Waals surface area (Å²) in [4.78, 5) is 14.9. The van der Waals surface area contributed by atoms with Crippen LogP contribution in [0.15, 0.2) is 22.3 Å². The summed E-state index contributed by atoms with van der Waals surface area (Å²) in [5.41, 5.74) is 1.20. The normalized spacial score (nSPS) is 15.3. The molecule has 0 heterocycles. The number of allylic oxidation sites excluding steroid dienone is 1. The molecule has 0 fully saturated rings. The highest BCUT2D eigenvalue weighted by molar-refractivity contribution is 5.95. The monoisotopic (exact) mass is 506 g/mol. The Morgan fingerprint density at radius 1 is 0.861 bits per heavy atom. The molecule has 0 rings (SSSR count). The molecule has 5 heteroatoms. The fourth-order valence-corrected chi connectivity index (χ4v) is 4.86. The summed E-state index contributed by atoms with van der Waals surface area (Å²) in [5.74, 6) is 2.11. The maximum atomic E-state index is 5.20. The number of unbranched alkanes of at least 4 members (excludes halogenated alkanes) is 4. The van der Waals surface area contributed by atoms with Crippen LogP contribution in [0.3, 0.4) is 0 Å². The summed E-state index contributed by atoms with van der Waals surface area (Å²) < 4.78 is 0. The molecule has 0 spiro atoms. The minimum atomic E-state index is 0.0791. The van der Waals surface area contributed by atoms with Crippen molar-refractivity contribution in [2.24, 2.45) is 21.3 Å². The molecule has 212 valence electrons. The Bertz CT molecular complexity index is 684. The third-order valence-electron chi connectivity index (χ3n) is 6.97. The minimum Gasteiger partial charge on any atom is -0.357 e. The van der Waals surface area contributed by atoms with Gasteiger partial charge in [-0.05, 0) is 71.8 Å². The molecule has 2 unspecified atom stereocenters. The van der Waals surface area contributed by atoms with Gasteiger partial charge in [-0.3, -0.25) is 0 Å². The first-order valence-electron chi connectivity index (χ1n) is 14.6. The summed E-state index contributed by atoms with van der Waals surface area (Å²) >= 11 is 0. The molecule has 0 aliphatic rings. The van der Waals surface area contributed by atoms with E-state index in [0.717, 1.165) is 43.4 Å². The Kier molecular flexibility index (Phi) is 15.9. The second-order valence-corrected chi connectivity index (χ2v) is 13.0. The second-order valence-electron chi connectivity index (χ2n) is 13.0. The zero-order chi connectivity index (χ0) is 28.1. The fraction of sp³-hybridized carbons (Fsp3) is 0.871. The van der Waals surface area contributed by atoms with Crippen molar-refractivity contribution in [3.8, 4) is 0 Å². The third-order valence-corrected chi connectivity index (χ3v) is 6.97. The predicted octanol–water partition coefficient (Wildman–Crippen LogP) is 8.13. The number of nitrogens with one attached hydrogen (secondary N) is 1. The van der Waals surface area contributed by atoms with Gasteiger partial charge in [0.2, 0.25) is 5.96 Å².